The Labute approximate surface area is 144 Å². The Balaban J connectivity index is 1.94. The van der Waals surface area contributed by atoms with Gasteiger partial charge in [-0.15, -0.1) is 0 Å². The molecule has 0 aliphatic rings. The quantitative estimate of drug-likeness (QED) is 0.700. The summed E-state index contributed by atoms with van der Waals surface area (Å²) < 4.78 is 32.1. The number of fused-ring (bicyclic) bond motifs is 1. The molecule has 0 atom stereocenters. The first-order valence-corrected chi connectivity index (χ1v) is 8.82. The first-order valence-electron chi connectivity index (χ1n) is 7.34. The number of anilines is 1. The number of hydrogen-bond donors (Lipinski definition) is 2. The smallest absolute Gasteiger partial charge is 0.337 e. The van der Waals surface area contributed by atoms with Gasteiger partial charge in [0.2, 0.25) is 0 Å². The van der Waals surface area contributed by atoms with Crippen LogP contribution in [-0.4, -0.2) is 26.6 Å². The van der Waals surface area contributed by atoms with Crippen LogP contribution >= 0.6 is 0 Å². The summed E-state index contributed by atoms with van der Waals surface area (Å²) in [6.07, 6.45) is 0. The highest BCUT2D eigenvalue weighted by Crippen LogP contribution is 2.30. The number of methoxy groups -OCH3 is 1. The average Bonchev–Trinajstić information content (AvgIpc) is 2.60. The van der Waals surface area contributed by atoms with Gasteiger partial charge >= 0.3 is 5.97 Å². The van der Waals surface area contributed by atoms with E-state index in [0.717, 1.165) is 5.39 Å². The van der Waals surface area contributed by atoms with E-state index in [0.29, 0.717) is 10.9 Å². The minimum Gasteiger partial charge on any atom is -0.506 e. The maximum absolute atomic E-state index is 12.6. The summed E-state index contributed by atoms with van der Waals surface area (Å²) in [5.41, 5.74) is 0.569. The zero-order valence-corrected chi connectivity index (χ0v) is 14.1. The van der Waals surface area contributed by atoms with Gasteiger partial charge in [-0.05, 0) is 47.2 Å². The predicted molar refractivity (Wildman–Crippen MR) is 94.2 cm³/mol. The molecule has 0 spiro atoms. The van der Waals surface area contributed by atoms with Crippen LogP contribution in [0.3, 0.4) is 0 Å². The zero-order valence-electron chi connectivity index (χ0n) is 13.3. The third kappa shape index (κ3) is 3.41. The van der Waals surface area contributed by atoms with E-state index >= 15 is 0 Å². The molecule has 7 heteroatoms. The molecule has 0 saturated heterocycles. The van der Waals surface area contributed by atoms with Crippen LogP contribution in [0.2, 0.25) is 0 Å². The molecule has 0 radical (unpaired) electrons. The van der Waals surface area contributed by atoms with Crippen LogP contribution in [0.4, 0.5) is 5.69 Å². The number of phenols is 1. The van der Waals surface area contributed by atoms with Gasteiger partial charge in [-0.25, -0.2) is 13.2 Å². The molecular formula is C18H15NO5S. The van der Waals surface area contributed by atoms with E-state index in [1.54, 1.807) is 24.3 Å². The summed E-state index contributed by atoms with van der Waals surface area (Å²) in [5, 5.41) is 11.5. The molecule has 0 saturated carbocycles. The Morgan fingerprint density at radius 1 is 1.00 bits per heavy atom. The van der Waals surface area contributed by atoms with Crippen molar-refractivity contribution < 1.29 is 23.1 Å². The van der Waals surface area contributed by atoms with Gasteiger partial charge in [-0.2, -0.15) is 0 Å². The molecule has 128 valence electrons. The summed E-state index contributed by atoms with van der Waals surface area (Å²) in [6, 6.07) is 15.7. The van der Waals surface area contributed by atoms with E-state index in [9.17, 15) is 18.3 Å². The average molecular weight is 357 g/mol. The van der Waals surface area contributed by atoms with Gasteiger partial charge in [0.1, 0.15) is 10.6 Å². The number of esters is 1. The fraction of sp³-hybridized carbons (Fsp3) is 0.0556. The summed E-state index contributed by atoms with van der Waals surface area (Å²) >= 11 is 0. The normalized spacial score (nSPS) is 11.2. The Morgan fingerprint density at radius 2 is 1.60 bits per heavy atom. The molecule has 6 nitrogen and oxygen atoms in total. The molecule has 0 aliphatic heterocycles. The van der Waals surface area contributed by atoms with Crippen LogP contribution in [0.5, 0.6) is 5.75 Å². The van der Waals surface area contributed by atoms with E-state index in [1.807, 2.05) is 0 Å². The Bertz CT molecular complexity index is 1040. The monoisotopic (exact) mass is 357 g/mol. The number of carbonyl (C=O) groups is 1. The molecule has 0 unspecified atom stereocenters. The number of aromatic hydroxyl groups is 1. The van der Waals surface area contributed by atoms with Crippen molar-refractivity contribution in [2.45, 2.75) is 4.90 Å². The van der Waals surface area contributed by atoms with E-state index < -0.39 is 16.0 Å². The number of nitrogens with one attached hydrogen (secondary N) is 1. The second kappa shape index (κ2) is 6.45. The zero-order chi connectivity index (χ0) is 18.0. The van der Waals surface area contributed by atoms with Crippen molar-refractivity contribution >= 4 is 32.5 Å². The van der Waals surface area contributed by atoms with Crippen molar-refractivity contribution in [3.63, 3.8) is 0 Å². The molecule has 3 rings (SSSR count). The van der Waals surface area contributed by atoms with Crippen LogP contribution in [0.25, 0.3) is 10.8 Å². The second-order valence-corrected chi connectivity index (χ2v) is 6.99. The van der Waals surface area contributed by atoms with Crippen molar-refractivity contribution in [1.82, 2.24) is 0 Å². The Hall–Kier alpha value is -3.06. The number of benzene rings is 3. The molecular weight excluding hydrogens is 342 g/mol. The van der Waals surface area contributed by atoms with Crippen molar-refractivity contribution in [3.05, 3.63) is 66.2 Å². The second-order valence-electron chi connectivity index (χ2n) is 5.34. The largest absolute Gasteiger partial charge is 0.506 e. The SMILES string of the molecule is COC(=O)c1ccc(NS(=O)(=O)c2cc3ccccc3cc2O)cc1. The van der Waals surface area contributed by atoms with Gasteiger partial charge in [0.15, 0.2) is 0 Å². The molecule has 0 fully saturated rings. The first-order chi connectivity index (χ1) is 11.9. The lowest BCUT2D eigenvalue weighted by Gasteiger charge is -2.11. The minimum absolute atomic E-state index is 0.219. The lowest BCUT2D eigenvalue weighted by molar-refractivity contribution is 0.0600. The lowest BCUT2D eigenvalue weighted by atomic mass is 10.1. The molecule has 3 aromatic carbocycles. The maximum Gasteiger partial charge on any atom is 0.337 e. The van der Waals surface area contributed by atoms with Crippen LogP contribution in [0.1, 0.15) is 10.4 Å². The molecule has 2 N–H and O–H groups in total. The molecule has 0 bridgehead atoms. The molecule has 0 amide bonds. The third-order valence-electron chi connectivity index (χ3n) is 3.68. The highest BCUT2D eigenvalue weighted by molar-refractivity contribution is 7.92. The van der Waals surface area contributed by atoms with Gasteiger partial charge in [0.25, 0.3) is 10.0 Å². The van der Waals surface area contributed by atoms with E-state index in [1.165, 1.54) is 43.5 Å². The number of hydrogen-bond acceptors (Lipinski definition) is 5. The highest BCUT2D eigenvalue weighted by atomic mass is 32.2. The number of phenolic OH excluding ortho intramolecular Hbond substituents is 1. The van der Waals surface area contributed by atoms with Gasteiger partial charge in [0.05, 0.1) is 12.7 Å². The third-order valence-corrected chi connectivity index (χ3v) is 5.09. The van der Waals surface area contributed by atoms with Crippen LogP contribution in [0.15, 0.2) is 65.6 Å². The molecule has 0 aliphatic carbocycles. The fourth-order valence-electron chi connectivity index (χ4n) is 2.42. The van der Waals surface area contributed by atoms with E-state index in [-0.39, 0.29) is 16.3 Å². The standard InChI is InChI=1S/C18H15NO5S/c1-24-18(21)12-6-8-15(9-7-12)19-25(22,23)17-11-14-5-3-2-4-13(14)10-16(17)20/h2-11,19-20H,1H3. The Kier molecular flexibility index (Phi) is 4.33. The molecule has 3 aromatic rings. The molecule has 25 heavy (non-hydrogen) atoms. The maximum atomic E-state index is 12.6. The Morgan fingerprint density at radius 3 is 2.20 bits per heavy atom. The van der Waals surface area contributed by atoms with Crippen molar-refractivity contribution in [2.75, 3.05) is 11.8 Å². The summed E-state index contributed by atoms with van der Waals surface area (Å²) in [5.74, 6) is -0.848. The highest BCUT2D eigenvalue weighted by Gasteiger charge is 2.20. The van der Waals surface area contributed by atoms with Crippen molar-refractivity contribution in [1.29, 1.82) is 0 Å². The van der Waals surface area contributed by atoms with Gasteiger partial charge in [0, 0.05) is 5.69 Å². The molecule has 0 heterocycles. The van der Waals surface area contributed by atoms with Crippen LogP contribution < -0.4 is 4.72 Å². The van der Waals surface area contributed by atoms with Gasteiger partial charge in [-0.1, -0.05) is 24.3 Å². The number of rotatable bonds is 4. The summed E-state index contributed by atoms with van der Waals surface area (Å²) in [7, 11) is -2.72. The lowest BCUT2D eigenvalue weighted by Crippen LogP contribution is -2.13. The van der Waals surface area contributed by atoms with Gasteiger partial charge < -0.3 is 9.84 Å². The first kappa shape index (κ1) is 16.8. The summed E-state index contributed by atoms with van der Waals surface area (Å²) in [6.45, 7) is 0. The predicted octanol–water partition coefficient (Wildman–Crippen LogP) is 3.13. The van der Waals surface area contributed by atoms with Crippen LogP contribution in [0, 0.1) is 0 Å². The van der Waals surface area contributed by atoms with Gasteiger partial charge in [-0.3, -0.25) is 4.72 Å². The van der Waals surface area contributed by atoms with Crippen LogP contribution in [-0.2, 0) is 14.8 Å². The van der Waals surface area contributed by atoms with E-state index in [4.69, 9.17) is 0 Å². The number of sulfonamides is 1. The number of ether oxygens (including phenoxy) is 1. The minimum atomic E-state index is -3.99. The topological polar surface area (TPSA) is 92.7 Å². The van der Waals surface area contributed by atoms with Crippen molar-refractivity contribution in [3.8, 4) is 5.75 Å². The molecule has 0 aromatic heterocycles. The summed E-state index contributed by atoms with van der Waals surface area (Å²) in [4.78, 5) is 11.2. The van der Waals surface area contributed by atoms with Crippen molar-refractivity contribution in [2.24, 2.45) is 0 Å². The fourth-order valence-corrected chi connectivity index (χ4v) is 3.60. The number of carbonyl (C=O) groups excluding carboxylic acids is 1. The van der Waals surface area contributed by atoms with E-state index in [2.05, 4.69) is 9.46 Å².